The van der Waals surface area contributed by atoms with E-state index in [2.05, 4.69) is 11.5 Å². The molecule has 4 nitrogen and oxygen atoms in total. The topological polar surface area (TPSA) is 47.3 Å². The number of imidazole rings is 1. The molecule has 0 fully saturated rings. The Labute approximate surface area is 123 Å². The standard InChI is InChI=1S/C17H18N2O2/c1-3-19-16-9-8-14(21-2)11-15(16)18-17(19)10-12-4-6-13(20)7-5-12/h4-9,11,20H,3,10H2,1-2H3. The van der Waals surface area contributed by atoms with Gasteiger partial charge in [0, 0.05) is 19.0 Å². The quantitative estimate of drug-likeness (QED) is 0.798. The fourth-order valence-electron chi connectivity index (χ4n) is 2.57. The maximum absolute atomic E-state index is 9.36. The number of ether oxygens (including phenoxy) is 1. The molecule has 0 bridgehead atoms. The highest BCUT2D eigenvalue weighted by atomic mass is 16.5. The van der Waals surface area contributed by atoms with Crippen molar-refractivity contribution in [3.05, 3.63) is 53.9 Å². The van der Waals surface area contributed by atoms with E-state index >= 15 is 0 Å². The van der Waals surface area contributed by atoms with Gasteiger partial charge in [0.15, 0.2) is 0 Å². The van der Waals surface area contributed by atoms with Crippen LogP contribution in [0.3, 0.4) is 0 Å². The molecule has 0 amide bonds. The zero-order valence-corrected chi connectivity index (χ0v) is 12.2. The second-order valence-corrected chi connectivity index (χ2v) is 4.97. The highest BCUT2D eigenvalue weighted by Crippen LogP contribution is 2.23. The van der Waals surface area contributed by atoms with Crippen LogP contribution in [0.25, 0.3) is 11.0 Å². The van der Waals surface area contributed by atoms with Gasteiger partial charge in [-0.15, -0.1) is 0 Å². The summed E-state index contributed by atoms with van der Waals surface area (Å²) in [5.41, 5.74) is 3.20. The summed E-state index contributed by atoms with van der Waals surface area (Å²) in [7, 11) is 1.66. The molecule has 3 rings (SSSR count). The molecule has 108 valence electrons. The van der Waals surface area contributed by atoms with Crippen molar-refractivity contribution in [2.24, 2.45) is 0 Å². The minimum absolute atomic E-state index is 0.285. The molecule has 1 aromatic heterocycles. The number of nitrogens with zero attached hydrogens (tertiary/aromatic N) is 2. The number of phenolic OH excluding ortho intramolecular Hbond substituents is 1. The van der Waals surface area contributed by atoms with Gasteiger partial charge in [0.2, 0.25) is 0 Å². The number of methoxy groups -OCH3 is 1. The number of rotatable bonds is 4. The summed E-state index contributed by atoms with van der Waals surface area (Å²) in [5.74, 6) is 2.12. The van der Waals surface area contributed by atoms with Gasteiger partial charge in [-0.25, -0.2) is 4.98 Å². The molecule has 4 heteroatoms. The van der Waals surface area contributed by atoms with Gasteiger partial charge in [-0.1, -0.05) is 12.1 Å². The fourth-order valence-corrected chi connectivity index (χ4v) is 2.57. The molecule has 0 aliphatic rings. The molecule has 0 unspecified atom stereocenters. The predicted molar refractivity (Wildman–Crippen MR) is 82.9 cm³/mol. The summed E-state index contributed by atoms with van der Waals surface area (Å²) in [4.78, 5) is 4.73. The minimum Gasteiger partial charge on any atom is -0.508 e. The molecular weight excluding hydrogens is 264 g/mol. The van der Waals surface area contributed by atoms with E-state index in [4.69, 9.17) is 9.72 Å². The first kappa shape index (κ1) is 13.5. The Hall–Kier alpha value is -2.49. The molecule has 0 saturated carbocycles. The van der Waals surface area contributed by atoms with Gasteiger partial charge in [-0.3, -0.25) is 0 Å². The van der Waals surface area contributed by atoms with Crippen LogP contribution in [-0.2, 0) is 13.0 Å². The van der Waals surface area contributed by atoms with E-state index < -0.39 is 0 Å². The smallest absolute Gasteiger partial charge is 0.121 e. The minimum atomic E-state index is 0.285. The van der Waals surface area contributed by atoms with Crippen molar-refractivity contribution in [2.45, 2.75) is 19.9 Å². The summed E-state index contributed by atoms with van der Waals surface area (Å²) in [6.07, 6.45) is 0.741. The molecule has 1 heterocycles. The Morgan fingerprint density at radius 2 is 1.90 bits per heavy atom. The summed E-state index contributed by atoms with van der Waals surface area (Å²) in [5, 5.41) is 9.36. The van der Waals surface area contributed by atoms with Crippen molar-refractivity contribution in [2.75, 3.05) is 7.11 Å². The van der Waals surface area contributed by atoms with Crippen molar-refractivity contribution >= 4 is 11.0 Å². The van der Waals surface area contributed by atoms with Crippen LogP contribution in [0, 0.1) is 0 Å². The van der Waals surface area contributed by atoms with Gasteiger partial charge >= 0.3 is 0 Å². The second-order valence-electron chi connectivity index (χ2n) is 4.97. The van der Waals surface area contributed by atoms with Crippen LogP contribution in [0.5, 0.6) is 11.5 Å². The van der Waals surface area contributed by atoms with Crippen molar-refractivity contribution in [3.8, 4) is 11.5 Å². The molecular formula is C17H18N2O2. The Bertz CT molecular complexity index is 760. The monoisotopic (exact) mass is 282 g/mol. The number of aromatic hydroxyl groups is 1. The van der Waals surface area contributed by atoms with E-state index in [9.17, 15) is 5.11 Å². The molecule has 0 radical (unpaired) electrons. The van der Waals surface area contributed by atoms with E-state index in [-0.39, 0.29) is 5.75 Å². The maximum Gasteiger partial charge on any atom is 0.121 e. The largest absolute Gasteiger partial charge is 0.508 e. The lowest BCUT2D eigenvalue weighted by Gasteiger charge is -2.06. The Morgan fingerprint density at radius 1 is 1.14 bits per heavy atom. The fraction of sp³-hybridized carbons (Fsp3) is 0.235. The maximum atomic E-state index is 9.36. The number of hydrogen-bond acceptors (Lipinski definition) is 3. The van der Waals surface area contributed by atoms with Gasteiger partial charge in [0.05, 0.1) is 18.1 Å². The number of hydrogen-bond donors (Lipinski definition) is 1. The van der Waals surface area contributed by atoms with E-state index in [1.54, 1.807) is 19.2 Å². The van der Waals surface area contributed by atoms with Gasteiger partial charge in [0.25, 0.3) is 0 Å². The molecule has 0 spiro atoms. The van der Waals surface area contributed by atoms with Crippen LogP contribution in [-0.4, -0.2) is 21.8 Å². The molecule has 0 aliphatic heterocycles. The van der Waals surface area contributed by atoms with Crippen molar-refractivity contribution in [3.63, 3.8) is 0 Å². The summed E-state index contributed by atoms with van der Waals surface area (Å²) in [6, 6.07) is 13.2. The highest BCUT2D eigenvalue weighted by Gasteiger charge is 2.11. The van der Waals surface area contributed by atoms with Crippen LogP contribution >= 0.6 is 0 Å². The van der Waals surface area contributed by atoms with Crippen LogP contribution in [0.15, 0.2) is 42.5 Å². The van der Waals surface area contributed by atoms with Crippen molar-refractivity contribution in [1.82, 2.24) is 9.55 Å². The van der Waals surface area contributed by atoms with Crippen LogP contribution in [0.4, 0.5) is 0 Å². The van der Waals surface area contributed by atoms with Gasteiger partial charge in [-0.05, 0) is 36.8 Å². The third-order valence-electron chi connectivity index (χ3n) is 3.65. The molecule has 21 heavy (non-hydrogen) atoms. The number of aryl methyl sites for hydroxylation is 1. The van der Waals surface area contributed by atoms with Gasteiger partial charge < -0.3 is 14.4 Å². The predicted octanol–water partition coefficient (Wildman–Crippen LogP) is 3.36. The zero-order valence-electron chi connectivity index (χ0n) is 12.2. The van der Waals surface area contributed by atoms with E-state index in [1.807, 2.05) is 30.3 Å². The number of aromatic nitrogens is 2. The normalized spacial score (nSPS) is 11.0. The first-order valence-corrected chi connectivity index (χ1v) is 7.02. The molecule has 0 atom stereocenters. The molecule has 1 N–H and O–H groups in total. The molecule has 2 aromatic carbocycles. The summed E-state index contributed by atoms with van der Waals surface area (Å²) in [6.45, 7) is 2.99. The lowest BCUT2D eigenvalue weighted by atomic mass is 10.1. The lowest BCUT2D eigenvalue weighted by Crippen LogP contribution is -2.02. The molecule has 0 saturated heterocycles. The Kier molecular flexibility index (Phi) is 3.52. The van der Waals surface area contributed by atoms with E-state index in [0.29, 0.717) is 0 Å². The first-order valence-electron chi connectivity index (χ1n) is 7.02. The van der Waals surface area contributed by atoms with Crippen molar-refractivity contribution < 1.29 is 9.84 Å². The number of phenols is 1. The average Bonchev–Trinajstić information content (AvgIpc) is 2.85. The van der Waals surface area contributed by atoms with Crippen LogP contribution < -0.4 is 4.74 Å². The molecule has 0 aliphatic carbocycles. The zero-order chi connectivity index (χ0) is 14.8. The first-order chi connectivity index (χ1) is 10.2. The van der Waals surface area contributed by atoms with Crippen LogP contribution in [0.1, 0.15) is 18.3 Å². The van der Waals surface area contributed by atoms with E-state index in [1.165, 1.54) is 0 Å². The Balaban J connectivity index is 2.02. The molecule has 3 aromatic rings. The Morgan fingerprint density at radius 3 is 2.57 bits per heavy atom. The van der Waals surface area contributed by atoms with Crippen LogP contribution in [0.2, 0.25) is 0 Å². The summed E-state index contributed by atoms with van der Waals surface area (Å²) >= 11 is 0. The number of benzene rings is 2. The third-order valence-corrected chi connectivity index (χ3v) is 3.65. The van der Waals surface area contributed by atoms with E-state index in [0.717, 1.165) is 41.1 Å². The summed E-state index contributed by atoms with van der Waals surface area (Å²) < 4.78 is 7.47. The SMILES string of the molecule is CCn1c(Cc2ccc(O)cc2)nc2cc(OC)ccc21. The third kappa shape index (κ3) is 2.57. The average molecular weight is 282 g/mol. The lowest BCUT2D eigenvalue weighted by molar-refractivity contribution is 0.415. The van der Waals surface area contributed by atoms with Gasteiger partial charge in [0.1, 0.15) is 17.3 Å². The van der Waals surface area contributed by atoms with Crippen molar-refractivity contribution in [1.29, 1.82) is 0 Å². The highest BCUT2D eigenvalue weighted by molar-refractivity contribution is 5.78. The second kappa shape index (κ2) is 5.48. The number of fused-ring (bicyclic) bond motifs is 1. The van der Waals surface area contributed by atoms with Gasteiger partial charge in [-0.2, -0.15) is 0 Å².